The summed E-state index contributed by atoms with van der Waals surface area (Å²) in [5, 5.41) is 0. The Morgan fingerprint density at radius 1 is 0.971 bits per heavy atom. The average Bonchev–Trinajstić information content (AvgIpc) is 3.24. The Bertz CT molecular complexity index is 1400. The standard InChI is InChI=1S/C27H30N4O3S/c1-27(2,3)21-13-15-22(16-14-21)35(33,34)28-17-19-9-11-20(12-10-19)26(32)31(4)18-25-29-23-7-5-6-8-24(23)30-25/h5-16,28H,17-18H2,1-4H3,(H,29,30). The first-order chi connectivity index (χ1) is 16.5. The monoisotopic (exact) mass is 490 g/mol. The van der Waals surface area contributed by atoms with Crippen molar-refractivity contribution in [1.29, 1.82) is 0 Å². The van der Waals surface area contributed by atoms with Gasteiger partial charge in [0.15, 0.2) is 0 Å². The van der Waals surface area contributed by atoms with Gasteiger partial charge in [-0.25, -0.2) is 18.1 Å². The summed E-state index contributed by atoms with van der Waals surface area (Å²) in [6.45, 7) is 6.73. The van der Waals surface area contributed by atoms with Crippen LogP contribution in [0.4, 0.5) is 0 Å². The molecule has 4 rings (SSSR count). The smallest absolute Gasteiger partial charge is 0.253 e. The van der Waals surface area contributed by atoms with Crippen LogP contribution >= 0.6 is 0 Å². The van der Waals surface area contributed by atoms with Gasteiger partial charge in [-0.15, -0.1) is 0 Å². The number of nitrogens with zero attached hydrogens (tertiary/aromatic N) is 2. The first-order valence-corrected chi connectivity index (χ1v) is 12.9. The molecule has 0 saturated heterocycles. The van der Waals surface area contributed by atoms with Crippen LogP contribution in [-0.4, -0.2) is 36.2 Å². The summed E-state index contributed by atoms with van der Waals surface area (Å²) in [6, 6.07) is 21.6. The zero-order valence-electron chi connectivity index (χ0n) is 20.4. The molecule has 0 aliphatic rings. The van der Waals surface area contributed by atoms with Gasteiger partial charge in [0.05, 0.1) is 22.5 Å². The minimum absolute atomic E-state index is 0.0466. The van der Waals surface area contributed by atoms with Gasteiger partial charge in [0.1, 0.15) is 5.82 Å². The van der Waals surface area contributed by atoms with Crippen molar-refractivity contribution in [3.63, 3.8) is 0 Å². The van der Waals surface area contributed by atoms with Gasteiger partial charge in [-0.3, -0.25) is 4.79 Å². The Morgan fingerprint density at radius 2 is 1.63 bits per heavy atom. The predicted octanol–water partition coefficient (Wildman–Crippen LogP) is 4.61. The number of aromatic amines is 1. The highest BCUT2D eigenvalue weighted by molar-refractivity contribution is 7.89. The number of hydrogen-bond donors (Lipinski definition) is 2. The fourth-order valence-corrected chi connectivity index (χ4v) is 4.78. The second-order valence-electron chi connectivity index (χ2n) is 9.66. The van der Waals surface area contributed by atoms with E-state index in [1.54, 1.807) is 48.3 Å². The van der Waals surface area contributed by atoms with Crippen LogP contribution in [0.3, 0.4) is 0 Å². The molecule has 2 N–H and O–H groups in total. The lowest BCUT2D eigenvalue weighted by atomic mass is 9.87. The van der Waals surface area contributed by atoms with Crippen molar-refractivity contribution in [3.8, 4) is 0 Å². The van der Waals surface area contributed by atoms with Gasteiger partial charge in [-0.05, 0) is 52.9 Å². The molecule has 1 heterocycles. The number of aromatic nitrogens is 2. The number of nitrogens with one attached hydrogen (secondary N) is 2. The molecular formula is C27H30N4O3S. The molecule has 8 heteroatoms. The number of fused-ring (bicyclic) bond motifs is 1. The van der Waals surface area contributed by atoms with Gasteiger partial charge in [0, 0.05) is 19.2 Å². The molecule has 0 unspecified atom stereocenters. The van der Waals surface area contributed by atoms with E-state index in [1.165, 1.54) is 0 Å². The highest BCUT2D eigenvalue weighted by Gasteiger charge is 2.18. The van der Waals surface area contributed by atoms with E-state index in [0.717, 1.165) is 22.2 Å². The Kier molecular flexibility index (Phi) is 6.78. The van der Waals surface area contributed by atoms with E-state index in [4.69, 9.17) is 0 Å². The Labute approximate surface area is 206 Å². The number of carbonyl (C=O) groups is 1. The summed E-state index contributed by atoms with van der Waals surface area (Å²) in [6.07, 6.45) is 0. The highest BCUT2D eigenvalue weighted by Crippen LogP contribution is 2.23. The Morgan fingerprint density at radius 3 is 2.26 bits per heavy atom. The van der Waals surface area contributed by atoms with Gasteiger partial charge in [-0.1, -0.05) is 57.2 Å². The van der Waals surface area contributed by atoms with Gasteiger partial charge in [0.2, 0.25) is 10.0 Å². The number of imidazole rings is 1. The van der Waals surface area contributed by atoms with Crippen LogP contribution in [0.2, 0.25) is 0 Å². The number of para-hydroxylation sites is 2. The summed E-state index contributed by atoms with van der Waals surface area (Å²) in [7, 11) is -1.92. The number of carbonyl (C=O) groups excluding carboxylic acids is 1. The molecule has 0 bridgehead atoms. The van der Waals surface area contributed by atoms with Crippen LogP contribution < -0.4 is 4.72 Å². The third-order valence-corrected chi connectivity index (χ3v) is 7.29. The molecule has 0 fully saturated rings. The molecule has 1 aromatic heterocycles. The van der Waals surface area contributed by atoms with Crippen molar-refractivity contribution in [2.24, 2.45) is 0 Å². The summed E-state index contributed by atoms with van der Waals surface area (Å²) in [5.74, 6) is 0.570. The van der Waals surface area contributed by atoms with Crippen molar-refractivity contribution in [1.82, 2.24) is 19.6 Å². The van der Waals surface area contributed by atoms with Crippen molar-refractivity contribution in [2.75, 3.05) is 7.05 Å². The summed E-state index contributed by atoms with van der Waals surface area (Å²) < 4.78 is 28.0. The molecule has 0 spiro atoms. The number of hydrogen-bond acceptors (Lipinski definition) is 4. The van der Waals surface area contributed by atoms with E-state index in [-0.39, 0.29) is 22.8 Å². The third kappa shape index (κ3) is 5.78. The molecule has 182 valence electrons. The lowest BCUT2D eigenvalue weighted by molar-refractivity contribution is 0.0782. The van der Waals surface area contributed by atoms with Crippen LogP contribution in [0.25, 0.3) is 11.0 Å². The summed E-state index contributed by atoms with van der Waals surface area (Å²) in [5.41, 5.74) is 4.10. The Hall–Kier alpha value is -3.49. The van der Waals surface area contributed by atoms with Gasteiger partial charge >= 0.3 is 0 Å². The zero-order chi connectivity index (χ0) is 25.2. The zero-order valence-corrected chi connectivity index (χ0v) is 21.2. The predicted molar refractivity (Wildman–Crippen MR) is 138 cm³/mol. The first-order valence-electron chi connectivity index (χ1n) is 11.4. The van der Waals surface area contributed by atoms with E-state index in [1.807, 2.05) is 36.4 Å². The maximum absolute atomic E-state index is 12.8. The second-order valence-corrected chi connectivity index (χ2v) is 11.4. The molecule has 0 aliphatic heterocycles. The SMILES string of the molecule is CN(Cc1nc2ccccc2[nH]1)C(=O)c1ccc(CNS(=O)(=O)c2ccc(C(C)(C)C)cc2)cc1. The second kappa shape index (κ2) is 9.64. The molecule has 1 amide bonds. The lowest BCUT2D eigenvalue weighted by Crippen LogP contribution is -2.27. The number of H-pyrrole nitrogens is 1. The fourth-order valence-electron chi connectivity index (χ4n) is 3.76. The van der Waals surface area contributed by atoms with Crippen LogP contribution in [0.5, 0.6) is 0 Å². The van der Waals surface area contributed by atoms with Gasteiger partial charge in [-0.2, -0.15) is 0 Å². The molecule has 0 aliphatic carbocycles. The molecule has 3 aromatic carbocycles. The van der Waals surface area contributed by atoms with Crippen molar-refractivity contribution >= 4 is 27.0 Å². The molecule has 35 heavy (non-hydrogen) atoms. The fraction of sp³-hybridized carbons (Fsp3) is 0.259. The van der Waals surface area contributed by atoms with E-state index >= 15 is 0 Å². The van der Waals surface area contributed by atoms with Crippen LogP contribution in [0.15, 0.2) is 77.7 Å². The topological polar surface area (TPSA) is 95.2 Å². The number of amides is 1. The van der Waals surface area contributed by atoms with Crippen molar-refractivity contribution in [2.45, 2.75) is 44.2 Å². The summed E-state index contributed by atoms with van der Waals surface area (Å²) >= 11 is 0. The first kappa shape index (κ1) is 24.6. The van der Waals surface area contributed by atoms with Crippen LogP contribution in [-0.2, 0) is 28.5 Å². The molecule has 4 aromatic rings. The van der Waals surface area contributed by atoms with Gasteiger partial charge in [0.25, 0.3) is 5.91 Å². The minimum Gasteiger partial charge on any atom is -0.340 e. The number of rotatable bonds is 7. The van der Waals surface area contributed by atoms with E-state index in [9.17, 15) is 13.2 Å². The number of sulfonamides is 1. The molecule has 7 nitrogen and oxygen atoms in total. The normalized spacial score (nSPS) is 12.1. The van der Waals surface area contributed by atoms with Crippen molar-refractivity contribution in [3.05, 3.63) is 95.3 Å². The van der Waals surface area contributed by atoms with Gasteiger partial charge < -0.3 is 9.88 Å². The molecule has 0 atom stereocenters. The summed E-state index contributed by atoms with van der Waals surface area (Å²) in [4.78, 5) is 22.4. The maximum atomic E-state index is 12.8. The van der Waals surface area contributed by atoms with E-state index in [0.29, 0.717) is 17.9 Å². The average molecular weight is 491 g/mol. The molecule has 0 saturated carbocycles. The van der Waals surface area contributed by atoms with Crippen LogP contribution in [0.1, 0.15) is 48.1 Å². The molecular weight excluding hydrogens is 460 g/mol. The Balaban J connectivity index is 1.36. The lowest BCUT2D eigenvalue weighted by Gasteiger charge is -2.19. The van der Waals surface area contributed by atoms with E-state index < -0.39 is 10.0 Å². The van der Waals surface area contributed by atoms with E-state index in [2.05, 4.69) is 35.5 Å². The largest absolute Gasteiger partial charge is 0.340 e. The quantitative estimate of drug-likeness (QED) is 0.395. The minimum atomic E-state index is -3.64. The maximum Gasteiger partial charge on any atom is 0.253 e. The van der Waals surface area contributed by atoms with Crippen LogP contribution in [0, 0.1) is 0 Å². The molecule has 0 radical (unpaired) electrons. The number of benzene rings is 3. The van der Waals surface area contributed by atoms with Crippen molar-refractivity contribution < 1.29 is 13.2 Å². The highest BCUT2D eigenvalue weighted by atomic mass is 32.2. The third-order valence-electron chi connectivity index (χ3n) is 5.87.